The number of hydrogen-bond donors (Lipinski definition) is 0. The van der Waals surface area contributed by atoms with Crippen LogP contribution in [0.4, 0.5) is 0 Å². The SMILES string of the molecule is [2H]C([2H])([2H])n1[cH+]n(-c2[c-]c(Oc3[c-]c4c(cc3)c3ccccc3n4-c3cc(-c4ccccc4-c4ccccc4)ccn3)ccc2)c2ccccc21.[Pt]. The molecular weight excluding hydrogens is 784 g/mol. The van der Waals surface area contributed by atoms with Crippen molar-refractivity contribution in [2.75, 3.05) is 0 Å². The number of rotatable bonds is 6. The number of aromatic nitrogens is 4. The molecule has 0 spiro atoms. The maximum absolute atomic E-state index is 8.05. The summed E-state index contributed by atoms with van der Waals surface area (Å²) in [5.41, 5.74) is 8.33. The van der Waals surface area contributed by atoms with Crippen LogP contribution in [0, 0.1) is 12.1 Å². The first-order chi connectivity index (χ1) is 24.9. The van der Waals surface area contributed by atoms with E-state index < -0.39 is 6.98 Å². The minimum atomic E-state index is -2.33. The standard InChI is InChI=1S/C43H29N4O.Pt/c1-45-29-46(41-21-10-9-20-40(41)45)32-14-11-15-33(27-32)48-34-22-23-38-37-18-7-8-19-39(37)47(42(38)28-34)43-26-31(24-25-44-43)36-17-6-5-16-35(36)30-12-3-2-4-13-30;/h2-26,29H,1H3;/q-1;/i1D3;. The van der Waals surface area contributed by atoms with E-state index in [-0.39, 0.29) is 21.1 Å². The molecule has 0 aliphatic heterocycles. The van der Waals surface area contributed by atoms with Crippen molar-refractivity contribution >= 4 is 32.8 Å². The Morgan fingerprint density at radius 3 is 2.18 bits per heavy atom. The van der Waals surface area contributed by atoms with Gasteiger partial charge in [0.05, 0.1) is 0 Å². The molecule has 3 heterocycles. The van der Waals surface area contributed by atoms with Crippen molar-refractivity contribution in [3.05, 3.63) is 170 Å². The molecule has 0 N–H and O–H groups in total. The van der Waals surface area contributed by atoms with Gasteiger partial charge in [-0.2, -0.15) is 12.1 Å². The van der Waals surface area contributed by atoms with E-state index in [1.807, 2.05) is 77.5 Å². The van der Waals surface area contributed by atoms with Gasteiger partial charge in [-0.1, -0.05) is 84.4 Å². The van der Waals surface area contributed by atoms with Gasteiger partial charge in [0.2, 0.25) is 0 Å². The quantitative estimate of drug-likeness (QED) is 0.157. The summed E-state index contributed by atoms with van der Waals surface area (Å²) in [5, 5.41) is 2.11. The number of aryl methyl sites for hydroxylation is 1. The molecule has 6 aromatic carbocycles. The zero-order valence-electron chi connectivity index (χ0n) is 29.0. The predicted octanol–water partition coefficient (Wildman–Crippen LogP) is 10.5. The molecule has 5 nitrogen and oxygen atoms in total. The van der Waals surface area contributed by atoms with Gasteiger partial charge >= 0.3 is 0 Å². The van der Waals surface area contributed by atoms with Crippen LogP contribution in [-0.4, -0.2) is 18.7 Å². The van der Waals surface area contributed by atoms with Crippen molar-refractivity contribution in [1.29, 1.82) is 0 Å². The topological polar surface area (TPSA) is 36.9 Å². The second kappa shape index (κ2) is 12.7. The van der Waals surface area contributed by atoms with Crippen LogP contribution < -0.4 is 4.74 Å². The average Bonchev–Trinajstić information content (AvgIpc) is 3.72. The average molecular weight is 816 g/mol. The van der Waals surface area contributed by atoms with E-state index >= 15 is 0 Å². The second-order valence-corrected chi connectivity index (χ2v) is 11.6. The van der Waals surface area contributed by atoms with Crippen LogP contribution in [0.5, 0.6) is 11.5 Å². The first-order valence-corrected chi connectivity index (χ1v) is 15.7. The summed E-state index contributed by atoms with van der Waals surface area (Å²) in [6.45, 7) is -2.33. The van der Waals surface area contributed by atoms with E-state index in [2.05, 4.69) is 89.5 Å². The third kappa shape index (κ3) is 5.43. The number of ether oxygens (including phenoxy) is 1. The van der Waals surface area contributed by atoms with Gasteiger partial charge in [0, 0.05) is 73.2 Å². The molecule has 6 heteroatoms. The fourth-order valence-corrected chi connectivity index (χ4v) is 6.54. The van der Waals surface area contributed by atoms with Crippen molar-refractivity contribution in [3.8, 4) is 45.3 Å². The third-order valence-electron chi connectivity index (χ3n) is 8.72. The van der Waals surface area contributed by atoms with E-state index in [1.54, 1.807) is 12.4 Å². The fourth-order valence-electron chi connectivity index (χ4n) is 6.54. The zero-order valence-corrected chi connectivity index (χ0v) is 28.3. The molecule has 0 amide bonds. The van der Waals surface area contributed by atoms with Crippen molar-refractivity contribution in [1.82, 2.24) is 18.7 Å². The molecule has 3 aromatic heterocycles. The van der Waals surface area contributed by atoms with Crippen molar-refractivity contribution < 1.29 is 29.9 Å². The molecule has 49 heavy (non-hydrogen) atoms. The van der Waals surface area contributed by atoms with Gasteiger partial charge in [-0.25, -0.2) is 14.1 Å². The summed E-state index contributed by atoms with van der Waals surface area (Å²) in [7, 11) is 0. The number of nitrogens with zero attached hydrogens (tertiary/aromatic N) is 4. The molecule has 0 radical (unpaired) electrons. The molecule has 238 valence electrons. The number of benzene rings is 6. The van der Waals surface area contributed by atoms with Crippen molar-refractivity contribution in [2.45, 2.75) is 0 Å². The molecular formula is C43H29N4OPt-. The Kier molecular flexibility index (Phi) is 7.04. The largest absolute Gasteiger partial charge is 0.508 e. The smallest absolute Gasteiger partial charge is 0.188 e. The summed E-state index contributed by atoms with van der Waals surface area (Å²) in [6.07, 6.45) is 3.44. The van der Waals surface area contributed by atoms with Crippen LogP contribution >= 0.6 is 0 Å². The van der Waals surface area contributed by atoms with Gasteiger partial charge in [-0.15, -0.1) is 29.7 Å². The molecule has 0 unspecified atom stereocenters. The molecule has 0 bridgehead atoms. The van der Waals surface area contributed by atoms with Crippen molar-refractivity contribution in [3.63, 3.8) is 0 Å². The number of fused-ring (bicyclic) bond motifs is 4. The minimum absolute atomic E-state index is 0. The first kappa shape index (κ1) is 27.2. The summed E-state index contributed by atoms with van der Waals surface area (Å²) in [5.74, 6) is 1.76. The van der Waals surface area contributed by atoms with Gasteiger partial charge < -0.3 is 9.30 Å². The molecule has 0 saturated heterocycles. The summed E-state index contributed by atoms with van der Waals surface area (Å²) in [6, 6.07) is 55.1. The van der Waals surface area contributed by atoms with Crippen LogP contribution in [0.2, 0.25) is 0 Å². The van der Waals surface area contributed by atoms with Crippen LogP contribution in [0.3, 0.4) is 0 Å². The van der Waals surface area contributed by atoms with Gasteiger partial charge in [-0.3, -0.25) is 0 Å². The summed E-state index contributed by atoms with van der Waals surface area (Å²) < 4.78 is 35.8. The number of hydrogen-bond acceptors (Lipinski definition) is 2. The Hall–Kier alpha value is -5.77. The molecule has 0 atom stereocenters. The van der Waals surface area contributed by atoms with Crippen molar-refractivity contribution in [2.24, 2.45) is 6.98 Å². The molecule has 9 aromatic rings. The molecule has 9 rings (SSSR count). The van der Waals surface area contributed by atoms with Gasteiger partial charge in [-0.05, 0) is 58.0 Å². The third-order valence-corrected chi connectivity index (χ3v) is 8.72. The molecule has 0 aliphatic carbocycles. The number of para-hydroxylation sites is 3. The Morgan fingerprint density at radius 1 is 0.633 bits per heavy atom. The molecule has 0 saturated carbocycles. The Labute approximate surface area is 302 Å². The maximum Gasteiger partial charge on any atom is 0.188 e. The number of pyridine rings is 1. The summed E-state index contributed by atoms with van der Waals surface area (Å²) >= 11 is 0. The predicted molar refractivity (Wildman–Crippen MR) is 194 cm³/mol. The van der Waals surface area contributed by atoms with E-state index in [9.17, 15) is 0 Å². The Morgan fingerprint density at radius 2 is 1.35 bits per heavy atom. The first-order valence-electron chi connectivity index (χ1n) is 17.2. The van der Waals surface area contributed by atoms with Crippen LogP contribution in [-0.2, 0) is 28.0 Å². The van der Waals surface area contributed by atoms with Gasteiger partial charge in [0.15, 0.2) is 17.4 Å². The van der Waals surface area contributed by atoms with E-state index in [0.717, 1.165) is 55.4 Å². The van der Waals surface area contributed by atoms with E-state index in [4.69, 9.17) is 13.8 Å². The maximum atomic E-state index is 8.05. The van der Waals surface area contributed by atoms with Gasteiger partial charge in [0.25, 0.3) is 0 Å². The van der Waals surface area contributed by atoms with Crippen LogP contribution in [0.1, 0.15) is 4.11 Å². The van der Waals surface area contributed by atoms with E-state index in [0.29, 0.717) is 22.7 Å². The van der Waals surface area contributed by atoms with Crippen LogP contribution in [0.25, 0.3) is 66.6 Å². The number of imidazole rings is 1. The van der Waals surface area contributed by atoms with E-state index in [1.165, 1.54) is 4.57 Å². The molecule has 0 aliphatic rings. The normalized spacial score (nSPS) is 12.4. The monoisotopic (exact) mass is 815 g/mol. The van der Waals surface area contributed by atoms with Crippen LogP contribution in [0.15, 0.2) is 158 Å². The Balaban J connectivity index is 0.00000387. The fraction of sp³-hybridized carbons (Fsp3) is 0.0233. The molecule has 0 fully saturated rings. The minimum Gasteiger partial charge on any atom is -0.508 e. The second-order valence-electron chi connectivity index (χ2n) is 11.6. The zero-order chi connectivity index (χ0) is 34.5. The van der Waals surface area contributed by atoms with Gasteiger partial charge in [0.1, 0.15) is 5.82 Å². The Bertz CT molecular complexity index is 2740. The summed E-state index contributed by atoms with van der Waals surface area (Å²) in [4.78, 5) is 4.86.